The van der Waals surface area contributed by atoms with Crippen LogP contribution >= 0.6 is 0 Å². The van der Waals surface area contributed by atoms with Crippen LogP contribution in [-0.2, 0) is 19.1 Å². The molecule has 2 aliphatic rings. The molecule has 0 aliphatic carbocycles. The zero-order valence-corrected chi connectivity index (χ0v) is 13.7. The third-order valence-corrected chi connectivity index (χ3v) is 6.66. The summed E-state index contributed by atoms with van der Waals surface area (Å²) in [6.07, 6.45) is 0. The molecule has 0 aromatic heterocycles. The predicted octanol–water partition coefficient (Wildman–Crippen LogP) is 1.50. The zero-order chi connectivity index (χ0) is 15.5. The normalized spacial score (nSPS) is 26.6. The van der Waals surface area contributed by atoms with E-state index in [1.807, 2.05) is 52.0 Å². The van der Waals surface area contributed by atoms with Gasteiger partial charge in [0.2, 0.25) is 0 Å². The monoisotopic (exact) mass is 308 g/mol. The Morgan fingerprint density at radius 2 is 1.48 bits per heavy atom. The molecule has 114 valence electrons. The van der Waals surface area contributed by atoms with Gasteiger partial charge in [0.1, 0.15) is 0 Å². The van der Waals surface area contributed by atoms with Gasteiger partial charge in [-0.05, 0) is 38.7 Å². The SMILES string of the molecule is CC1(C)OB(c2ccc(C3CS(=O)(=O)C3)cc2)OC1(C)C. The second kappa shape index (κ2) is 4.57. The van der Waals surface area contributed by atoms with Gasteiger partial charge >= 0.3 is 7.12 Å². The van der Waals surface area contributed by atoms with E-state index in [-0.39, 0.29) is 35.7 Å². The van der Waals surface area contributed by atoms with Crippen LogP contribution in [0.4, 0.5) is 0 Å². The fourth-order valence-corrected chi connectivity index (χ4v) is 4.17. The highest BCUT2D eigenvalue weighted by molar-refractivity contribution is 7.92. The molecule has 2 fully saturated rings. The molecular weight excluding hydrogens is 287 g/mol. The van der Waals surface area contributed by atoms with E-state index < -0.39 is 9.84 Å². The summed E-state index contributed by atoms with van der Waals surface area (Å²) in [6.45, 7) is 8.11. The number of sulfone groups is 1. The Labute approximate surface area is 126 Å². The van der Waals surface area contributed by atoms with Gasteiger partial charge in [-0.2, -0.15) is 0 Å². The van der Waals surface area contributed by atoms with Crippen LogP contribution in [0, 0.1) is 0 Å². The minimum Gasteiger partial charge on any atom is -0.399 e. The van der Waals surface area contributed by atoms with E-state index >= 15 is 0 Å². The molecule has 0 amide bonds. The van der Waals surface area contributed by atoms with Gasteiger partial charge in [-0.25, -0.2) is 8.42 Å². The van der Waals surface area contributed by atoms with E-state index in [1.165, 1.54) is 0 Å². The first-order chi connectivity index (χ1) is 9.60. The topological polar surface area (TPSA) is 52.6 Å². The minimum atomic E-state index is -2.78. The molecule has 0 saturated carbocycles. The number of hydrogen-bond acceptors (Lipinski definition) is 4. The van der Waals surface area contributed by atoms with E-state index in [0.717, 1.165) is 11.0 Å². The van der Waals surface area contributed by atoms with Gasteiger partial charge in [0.05, 0.1) is 22.7 Å². The Balaban J connectivity index is 1.74. The fourth-order valence-electron chi connectivity index (χ4n) is 2.66. The quantitative estimate of drug-likeness (QED) is 0.777. The Morgan fingerprint density at radius 1 is 1.00 bits per heavy atom. The van der Waals surface area contributed by atoms with Gasteiger partial charge in [-0.15, -0.1) is 0 Å². The lowest BCUT2D eigenvalue weighted by Gasteiger charge is -2.32. The van der Waals surface area contributed by atoms with Crippen LogP contribution in [0.2, 0.25) is 0 Å². The van der Waals surface area contributed by atoms with Crippen molar-refractivity contribution < 1.29 is 17.7 Å². The molecule has 2 saturated heterocycles. The molecule has 1 aromatic carbocycles. The Morgan fingerprint density at radius 3 is 1.90 bits per heavy atom. The lowest BCUT2D eigenvalue weighted by molar-refractivity contribution is 0.00578. The summed E-state index contributed by atoms with van der Waals surface area (Å²) in [7, 11) is -3.15. The van der Waals surface area contributed by atoms with Crippen LogP contribution in [0.3, 0.4) is 0 Å². The van der Waals surface area contributed by atoms with Crippen molar-refractivity contribution in [3.05, 3.63) is 29.8 Å². The fraction of sp³-hybridized carbons (Fsp3) is 0.600. The van der Waals surface area contributed by atoms with Gasteiger partial charge in [-0.3, -0.25) is 0 Å². The molecule has 0 atom stereocenters. The maximum atomic E-state index is 11.2. The van der Waals surface area contributed by atoms with Crippen molar-refractivity contribution in [2.45, 2.75) is 44.8 Å². The smallest absolute Gasteiger partial charge is 0.399 e. The Hall–Kier alpha value is -0.845. The first-order valence-electron chi connectivity index (χ1n) is 7.26. The van der Waals surface area contributed by atoms with E-state index in [1.54, 1.807) is 0 Å². The van der Waals surface area contributed by atoms with Gasteiger partial charge in [-0.1, -0.05) is 24.3 Å². The van der Waals surface area contributed by atoms with Crippen LogP contribution in [0.25, 0.3) is 0 Å². The highest BCUT2D eigenvalue weighted by Gasteiger charge is 2.51. The van der Waals surface area contributed by atoms with Gasteiger partial charge < -0.3 is 9.31 Å². The van der Waals surface area contributed by atoms with E-state index in [2.05, 4.69) is 0 Å². The molecule has 6 heteroatoms. The molecule has 0 unspecified atom stereocenters. The van der Waals surface area contributed by atoms with Crippen molar-refractivity contribution in [1.82, 2.24) is 0 Å². The molecule has 0 N–H and O–H groups in total. The average molecular weight is 308 g/mol. The lowest BCUT2D eigenvalue weighted by Crippen LogP contribution is -2.41. The molecule has 4 nitrogen and oxygen atoms in total. The average Bonchev–Trinajstić information content (AvgIpc) is 2.56. The predicted molar refractivity (Wildman–Crippen MR) is 83.6 cm³/mol. The van der Waals surface area contributed by atoms with Gasteiger partial charge in [0, 0.05) is 5.92 Å². The van der Waals surface area contributed by atoms with Crippen LogP contribution in [0.15, 0.2) is 24.3 Å². The molecular formula is C15H21BO4S. The molecule has 21 heavy (non-hydrogen) atoms. The van der Waals surface area contributed by atoms with Gasteiger partial charge in [0.15, 0.2) is 9.84 Å². The largest absolute Gasteiger partial charge is 0.494 e. The first-order valence-corrected chi connectivity index (χ1v) is 9.08. The van der Waals surface area contributed by atoms with Crippen molar-refractivity contribution in [2.75, 3.05) is 11.5 Å². The van der Waals surface area contributed by atoms with E-state index in [9.17, 15) is 8.42 Å². The summed E-state index contributed by atoms with van der Waals surface area (Å²) in [5.74, 6) is 0.674. The zero-order valence-electron chi connectivity index (χ0n) is 12.9. The lowest BCUT2D eigenvalue weighted by atomic mass is 9.78. The highest BCUT2D eigenvalue weighted by atomic mass is 32.2. The van der Waals surface area contributed by atoms with Crippen molar-refractivity contribution in [1.29, 1.82) is 0 Å². The number of hydrogen-bond donors (Lipinski definition) is 0. The van der Waals surface area contributed by atoms with Crippen molar-refractivity contribution in [3.8, 4) is 0 Å². The molecule has 3 rings (SSSR count). The maximum absolute atomic E-state index is 11.2. The molecule has 0 radical (unpaired) electrons. The second-order valence-corrected chi connectivity index (χ2v) is 9.18. The minimum absolute atomic E-state index is 0.141. The Bertz CT molecular complexity index is 621. The van der Waals surface area contributed by atoms with Gasteiger partial charge in [0.25, 0.3) is 0 Å². The summed E-state index contributed by atoms with van der Waals surface area (Å²) in [5.41, 5.74) is 1.35. The standard InChI is InChI=1S/C15H21BO4S/c1-14(2)15(3,4)20-16(19-14)13-7-5-11(6-8-13)12-9-21(17,18)10-12/h5-8,12H,9-10H2,1-4H3. The number of rotatable bonds is 2. The Kier molecular flexibility index (Phi) is 3.28. The summed E-state index contributed by atoms with van der Waals surface area (Å²) >= 11 is 0. The maximum Gasteiger partial charge on any atom is 0.494 e. The van der Waals surface area contributed by atoms with Crippen LogP contribution in [0.1, 0.15) is 39.2 Å². The number of benzene rings is 1. The van der Waals surface area contributed by atoms with Crippen molar-refractivity contribution in [2.24, 2.45) is 0 Å². The van der Waals surface area contributed by atoms with E-state index in [4.69, 9.17) is 9.31 Å². The molecule has 2 heterocycles. The summed E-state index contributed by atoms with van der Waals surface area (Å²) < 4.78 is 34.5. The molecule has 1 aromatic rings. The first kappa shape index (κ1) is 15.1. The molecule has 0 spiro atoms. The van der Waals surface area contributed by atoms with Crippen LogP contribution < -0.4 is 5.46 Å². The summed E-state index contributed by atoms with van der Waals surface area (Å²) in [6, 6.07) is 7.92. The molecule has 2 aliphatic heterocycles. The van der Waals surface area contributed by atoms with Crippen LogP contribution in [-0.4, -0.2) is 38.2 Å². The third kappa shape index (κ3) is 2.65. The van der Waals surface area contributed by atoms with E-state index in [0.29, 0.717) is 0 Å². The second-order valence-electron chi connectivity index (χ2n) is 7.03. The van der Waals surface area contributed by atoms with Crippen molar-refractivity contribution >= 4 is 22.4 Å². The summed E-state index contributed by atoms with van der Waals surface area (Å²) in [4.78, 5) is 0. The van der Waals surface area contributed by atoms with Crippen LogP contribution in [0.5, 0.6) is 0 Å². The highest BCUT2D eigenvalue weighted by Crippen LogP contribution is 2.36. The van der Waals surface area contributed by atoms with Crippen molar-refractivity contribution in [3.63, 3.8) is 0 Å². The third-order valence-electron chi connectivity index (χ3n) is 4.84. The molecule has 0 bridgehead atoms. The summed E-state index contributed by atoms with van der Waals surface area (Å²) in [5, 5.41) is 0.